The van der Waals surface area contributed by atoms with E-state index >= 15 is 0 Å². The normalized spacial score (nSPS) is 21.7. The molecule has 1 aliphatic heterocycles. The molecule has 1 heterocycles. The van der Waals surface area contributed by atoms with Crippen molar-refractivity contribution in [3.8, 4) is 11.5 Å². The van der Waals surface area contributed by atoms with Crippen LogP contribution in [0.1, 0.15) is 29.9 Å². The predicted molar refractivity (Wildman–Crippen MR) is 91.5 cm³/mol. The van der Waals surface area contributed by atoms with E-state index in [9.17, 15) is 4.79 Å². The number of carbonyl (C=O) groups excluding carboxylic acids is 1. The first kappa shape index (κ1) is 15.1. The van der Waals surface area contributed by atoms with Crippen LogP contribution >= 0.6 is 0 Å². The number of ether oxygens (including phenoxy) is 2. The lowest BCUT2D eigenvalue weighted by Crippen LogP contribution is -2.45. The summed E-state index contributed by atoms with van der Waals surface area (Å²) in [6, 6.07) is 16.0. The maximum absolute atomic E-state index is 12.4. The van der Waals surface area contributed by atoms with E-state index < -0.39 is 6.10 Å². The van der Waals surface area contributed by atoms with Gasteiger partial charge in [0.05, 0.1) is 0 Å². The molecule has 4 nitrogen and oxygen atoms in total. The first-order chi connectivity index (χ1) is 11.8. The molecule has 0 spiro atoms. The third kappa shape index (κ3) is 2.96. The second kappa shape index (κ2) is 6.56. The van der Waals surface area contributed by atoms with Gasteiger partial charge in [-0.15, -0.1) is 0 Å². The first-order valence-corrected chi connectivity index (χ1v) is 8.55. The third-order valence-electron chi connectivity index (χ3n) is 4.82. The minimum absolute atomic E-state index is 0.104. The number of nitrogens with one attached hydrogen (secondary N) is 1. The number of hydrogen-bond donors (Lipinski definition) is 1. The van der Waals surface area contributed by atoms with Crippen LogP contribution in [-0.2, 0) is 11.2 Å². The molecule has 1 N–H and O–H groups in total. The Morgan fingerprint density at radius 2 is 1.88 bits per heavy atom. The molecule has 0 aromatic heterocycles. The number of rotatable bonds is 3. The molecule has 2 aromatic rings. The summed E-state index contributed by atoms with van der Waals surface area (Å²) in [5, 5.41) is 3.05. The first-order valence-electron chi connectivity index (χ1n) is 8.55. The number of benzene rings is 2. The zero-order valence-electron chi connectivity index (χ0n) is 13.5. The van der Waals surface area contributed by atoms with E-state index in [4.69, 9.17) is 9.47 Å². The highest BCUT2D eigenvalue weighted by molar-refractivity contribution is 5.81. The average molecular weight is 323 g/mol. The molecule has 0 radical (unpaired) electrons. The highest BCUT2D eigenvalue weighted by Gasteiger charge is 2.28. The zero-order valence-corrected chi connectivity index (χ0v) is 13.5. The Morgan fingerprint density at radius 1 is 1.08 bits per heavy atom. The van der Waals surface area contributed by atoms with Crippen LogP contribution in [0.2, 0.25) is 0 Å². The Morgan fingerprint density at radius 3 is 2.79 bits per heavy atom. The number of hydrogen-bond acceptors (Lipinski definition) is 3. The fraction of sp³-hybridized carbons (Fsp3) is 0.350. The van der Waals surface area contributed by atoms with Gasteiger partial charge >= 0.3 is 0 Å². The molecule has 1 amide bonds. The van der Waals surface area contributed by atoms with Gasteiger partial charge in [0.2, 0.25) is 6.10 Å². The molecule has 2 aliphatic rings. The number of aryl methyl sites for hydroxylation is 1. The van der Waals surface area contributed by atoms with E-state index in [1.807, 2.05) is 24.3 Å². The van der Waals surface area contributed by atoms with Crippen LogP contribution in [0, 0.1) is 0 Å². The van der Waals surface area contributed by atoms with Crippen LogP contribution < -0.4 is 14.8 Å². The maximum atomic E-state index is 12.4. The van der Waals surface area contributed by atoms with Crippen LogP contribution in [-0.4, -0.2) is 25.2 Å². The Balaban J connectivity index is 1.38. The lowest BCUT2D eigenvalue weighted by molar-refractivity contribution is -0.130. The summed E-state index contributed by atoms with van der Waals surface area (Å²) < 4.78 is 11.4. The van der Waals surface area contributed by atoms with Crippen LogP contribution in [0.4, 0.5) is 0 Å². The van der Waals surface area contributed by atoms with E-state index in [1.165, 1.54) is 17.5 Å². The second-order valence-corrected chi connectivity index (χ2v) is 6.40. The molecule has 24 heavy (non-hydrogen) atoms. The zero-order chi connectivity index (χ0) is 16.4. The minimum Gasteiger partial charge on any atom is -0.485 e. The largest absolute Gasteiger partial charge is 0.485 e. The Labute approximate surface area is 141 Å². The van der Waals surface area contributed by atoms with Crippen LogP contribution in [0.5, 0.6) is 11.5 Å². The van der Waals surface area contributed by atoms with Gasteiger partial charge in [-0.05, 0) is 42.5 Å². The lowest BCUT2D eigenvalue weighted by Gasteiger charge is -2.28. The molecular weight excluding hydrogens is 302 g/mol. The third-order valence-corrected chi connectivity index (χ3v) is 4.82. The quantitative estimate of drug-likeness (QED) is 0.944. The topological polar surface area (TPSA) is 47.6 Å². The molecule has 0 saturated heterocycles. The van der Waals surface area contributed by atoms with Crippen molar-refractivity contribution in [1.29, 1.82) is 0 Å². The highest BCUT2D eigenvalue weighted by Crippen LogP contribution is 2.32. The maximum Gasteiger partial charge on any atom is 0.264 e. The molecule has 0 fully saturated rings. The van der Waals surface area contributed by atoms with Crippen molar-refractivity contribution in [3.63, 3.8) is 0 Å². The van der Waals surface area contributed by atoms with Crippen LogP contribution in [0.3, 0.4) is 0 Å². The number of para-hydroxylation sites is 2. The van der Waals surface area contributed by atoms with Crippen LogP contribution in [0.15, 0.2) is 48.5 Å². The minimum atomic E-state index is -0.585. The molecule has 1 aliphatic carbocycles. The van der Waals surface area contributed by atoms with Gasteiger partial charge in [-0.2, -0.15) is 0 Å². The molecule has 4 rings (SSSR count). The lowest BCUT2D eigenvalue weighted by atomic mass is 9.83. The summed E-state index contributed by atoms with van der Waals surface area (Å²) >= 11 is 0. The van der Waals surface area contributed by atoms with Gasteiger partial charge in [0.15, 0.2) is 11.5 Å². The van der Waals surface area contributed by atoms with Gasteiger partial charge in [0, 0.05) is 12.5 Å². The molecule has 0 saturated carbocycles. The predicted octanol–water partition coefficient (Wildman–Crippen LogP) is 3.06. The smallest absolute Gasteiger partial charge is 0.264 e. The molecule has 2 unspecified atom stereocenters. The SMILES string of the molecule is O=C(NCC1CCCc2ccccc21)C1COc2ccccc2O1. The summed E-state index contributed by atoms with van der Waals surface area (Å²) in [5.41, 5.74) is 2.78. The molecule has 0 bridgehead atoms. The Kier molecular flexibility index (Phi) is 4.11. The Bertz CT molecular complexity index is 743. The highest BCUT2D eigenvalue weighted by atomic mass is 16.6. The van der Waals surface area contributed by atoms with Crippen molar-refractivity contribution >= 4 is 5.91 Å². The van der Waals surface area contributed by atoms with Gasteiger partial charge in [-0.25, -0.2) is 0 Å². The Hall–Kier alpha value is -2.49. The molecule has 2 aromatic carbocycles. The van der Waals surface area contributed by atoms with Gasteiger partial charge < -0.3 is 14.8 Å². The number of fused-ring (bicyclic) bond motifs is 2. The fourth-order valence-electron chi connectivity index (χ4n) is 3.55. The van der Waals surface area contributed by atoms with E-state index in [2.05, 4.69) is 29.6 Å². The van der Waals surface area contributed by atoms with Crippen molar-refractivity contribution in [2.24, 2.45) is 0 Å². The van der Waals surface area contributed by atoms with Gasteiger partial charge in [-0.1, -0.05) is 36.4 Å². The molecular formula is C20H21NO3. The van der Waals surface area contributed by atoms with E-state index in [1.54, 1.807) is 0 Å². The van der Waals surface area contributed by atoms with Crippen LogP contribution in [0.25, 0.3) is 0 Å². The van der Waals surface area contributed by atoms with Gasteiger partial charge in [0.1, 0.15) is 6.61 Å². The van der Waals surface area contributed by atoms with Crippen molar-refractivity contribution < 1.29 is 14.3 Å². The standard InChI is InChI=1S/C20H21NO3/c22-20(19-13-23-17-10-3-4-11-18(17)24-19)21-12-15-8-5-7-14-6-1-2-9-16(14)15/h1-4,6,9-11,15,19H,5,7-8,12-13H2,(H,21,22). The molecule has 4 heteroatoms. The van der Waals surface area contributed by atoms with Gasteiger partial charge in [0.25, 0.3) is 5.91 Å². The van der Waals surface area contributed by atoms with Gasteiger partial charge in [-0.3, -0.25) is 4.79 Å². The summed E-state index contributed by atoms with van der Waals surface area (Å²) in [7, 11) is 0. The number of carbonyl (C=O) groups is 1. The summed E-state index contributed by atoms with van der Waals surface area (Å²) in [6.45, 7) is 0.904. The summed E-state index contributed by atoms with van der Waals surface area (Å²) in [6.07, 6.45) is 2.84. The molecule has 2 atom stereocenters. The van der Waals surface area contributed by atoms with Crippen molar-refractivity contribution in [2.75, 3.05) is 13.2 Å². The van der Waals surface area contributed by atoms with E-state index in [-0.39, 0.29) is 12.5 Å². The number of amides is 1. The summed E-state index contributed by atoms with van der Waals surface area (Å²) in [5.74, 6) is 1.61. The van der Waals surface area contributed by atoms with E-state index in [0.29, 0.717) is 24.0 Å². The van der Waals surface area contributed by atoms with Crippen molar-refractivity contribution in [1.82, 2.24) is 5.32 Å². The average Bonchev–Trinajstić information content (AvgIpc) is 2.65. The van der Waals surface area contributed by atoms with E-state index in [0.717, 1.165) is 12.8 Å². The fourth-order valence-corrected chi connectivity index (χ4v) is 3.55. The van der Waals surface area contributed by atoms with Crippen molar-refractivity contribution in [2.45, 2.75) is 31.3 Å². The summed E-state index contributed by atoms with van der Waals surface area (Å²) in [4.78, 5) is 12.4. The molecule has 124 valence electrons. The second-order valence-electron chi connectivity index (χ2n) is 6.40. The monoisotopic (exact) mass is 323 g/mol. The van der Waals surface area contributed by atoms with Crippen molar-refractivity contribution in [3.05, 3.63) is 59.7 Å².